The lowest BCUT2D eigenvalue weighted by atomic mass is 10.1. The van der Waals surface area contributed by atoms with Crippen molar-refractivity contribution in [1.82, 2.24) is 0 Å². The lowest BCUT2D eigenvalue weighted by Gasteiger charge is -2.28. The van der Waals surface area contributed by atoms with Crippen LogP contribution < -0.4 is 14.4 Å². The summed E-state index contributed by atoms with van der Waals surface area (Å²) in [7, 11) is -2.13. The minimum atomic E-state index is -3.66. The number of nitrogens with zero attached hydrogens (tertiary/aromatic N) is 1. The molecule has 0 spiro atoms. The van der Waals surface area contributed by atoms with Gasteiger partial charge in [0, 0.05) is 5.69 Å². The van der Waals surface area contributed by atoms with E-state index in [2.05, 4.69) is 5.32 Å². The zero-order valence-electron chi connectivity index (χ0n) is 15.6. The summed E-state index contributed by atoms with van der Waals surface area (Å²) in [6.45, 7) is 5.49. The Morgan fingerprint density at radius 2 is 1.69 bits per heavy atom. The van der Waals surface area contributed by atoms with Gasteiger partial charge in [-0.05, 0) is 68.3 Å². The monoisotopic (exact) mass is 376 g/mol. The van der Waals surface area contributed by atoms with Crippen molar-refractivity contribution in [2.24, 2.45) is 0 Å². The van der Waals surface area contributed by atoms with Gasteiger partial charge in [0.1, 0.15) is 11.8 Å². The van der Waals surface area contributed by atoms with Gasteiger partial charge in [-0.15, -0.1) is 0 Å². The third-order valence-corrected chi connectivity index (χ3v) is 5.43. The number of amides is 1. The van der Waals surface area contributed by atoms with E-state index in [0.717, 1.165) is 21.7 Å². The fraction of sp³-hybridized carbons (Fsp3) is 0.316. The zero-order chi connectivity index (χ0) is 19.5. The maximum Gasteiger partial charge on any atom is 0.247 e. The number of hydrogen-bond donors (Lipinski definition) is 1. The van der Waals surface area contributed by atoms with Crippen molar-refractivity contribution in [2.45, 2.75) is 26.8 Å². The summed E-state index contributed by atoms with van der Waals surface area (Å²) in [6, 6.07) is 11.2. The number of hydrogen-bond acceptors (Lipinski definition) is 4. The van der Waals surface area contributed by atoms with Gasteiger partial charge >= 0.3 is 0 Å². The van der Waals surface area contributed by atoms with Gasteiger partial charge in [-0.25, -0.2) is 8.42 Å². The molecule has 1 atom stereocenters. The van der Waals surface area contributed by atoms with Crippen molar-refractivity contribution < 1.29 is 17.9 Å². The summed E-state index contributed by atoms with van der Waals surface area (Å²) in [6.07, 6.45) is 1.08. The molecule has 0 radical (unpaired) electrons. The summed E-state index contributed by atoms with van der Waals surface area (Å²) < 4.78 is 30.8. The molecule has 140 valence electrons. The number of ether oxygens (including phenoxy) is 1. The minimum Gasteiger partial charge on any atom is -0.497 e. The van der Waals surface area contributed by atoms with Crippen molar-refractivity contribution in [3.63, 3.8) is 0 Å². The normalized spacial score (nSPS) is 12.3. The third kappa shape index (κ3) is 4.54. The lowest BCUT2D eigenvalue weighted by molar-refractivity contribution is -0.116. The number of methoxy groups -OCH3 is 1. The first kappa shape index (κ1) is 19.8. The highest BCUT2D eigenvalue weighted by Crippen LogP contribution is 2.24. The quantitative estimate of drug-likeness (QED) is 0.840. The van der Waals surface area contributed by atoms with Gasteiger partial charge in [-0.3, -0.25) is 9.10 Å². The third-order valence-electron chi connectivity index (χ3n) is 4.19. The SMILES string of the molecule is COc1ccc(N([C@H](C)C(=O)Nc2ccc(C)c(C)c2)S(C)(=O)=O)cc1. The Morgan fingerprint density at radius 1 is 1.08 bits per heavy atom. The molecule has 6 nitrogen and oxygen atoms in total. The van der Waals surface area contributed by atoms with Crippen LogP contribution in [0, 0.1) is 13.8 Å². The minimum absolute atomic E-state index is 0.399. The van der Waals surface area contributed by atoms with Crippen molar-refractivity contribution in [3.8, 4) is 5.75 Å². The summed E-state index contributed by atoms with van der Waals surface area (Å²) >= 11 is 0. The smallest absolute Gasteiger partial charge is 0.247 e. The molecule has 7 heteroatoms. The van der Waals surface area contributed by atoms with E-state index < -0.39 is 22.0 Å². The zero-order valence-corrected chi connectivity index (χ0v) is 16.4. The van der Waals surface area contributed by atoms with Crippen LogP contribution in [0.3, 0.4) is 0 Å². The molecule has 0 saturated carbocycles. The highest BCUT2D eigenvalue weighted by Gasteiger charge is 2.29. The van der Waals surface area contributed by atoms with Crippen LogP contribution in [0.1, 0.15) is 18.1 Å². The Morgan fingerprint density at radius 3 is 2.19 bits per heavy atom. The molecule has 0 aliphatic carbocycles. The molecule has 1 N–H and O–H groups in total. The maximum absolute atomic E-state index is 12.7. The van der Waals surface area contributed by atoms with Crippen molar-refractivity contribution >= 4 is 27.3 Å². The molecule has 0 fully saturated rings. The average molecular weight is 376 g/mol. The van der Waals surface area contributed by atoms with Crippen molar-refractivity contribution in [3.05, 3.63) is 53.6 Å². The summed E-state index contributed by atoms with van der Waals surface area (Å²) in [5.41, 5.74) is 3.20. The molecule has 1 amide bonds. The average Bonchev–Trinajstić information content (AvgIpc) is 2.57. The highest BCUT2D eigenvalue weighted by molar-refractivity contribution is 7.92. The van der Waals surface area contributed by atoms with Crippen molar-refractivity contribution in [1.29, 1.82) is 0 Å². The topological polar surface area (TPSA) is 75.7 Å². The second-order valence-corrected chi connectivity index (χ2v) is 8.08. The molecule has 2 aromatic carbocycles. The molecule has 0 saturated heterocycles. The molecule has 2 rings (SSSR count). The Balaban J connectivity index is 2.29. The summed E-state index contributed by atoms with van der Waals surface area (Å²) in [5.74, 6) is 0.198. The molecule has 0 bridgehead atoms. The van der Waals surface area contributed by atoms with Crippen molar-refractivity contribution in [2.75, 3.05) is 23.0 Å². The molecule has 0 aliphatic rings. The summed E-state index contributed by atoms with van der Waals surface area (Å²) in [5, 5.41) is 2.78. The Bertz CT molecular complexity index is 892. The molecule has 0 aliphatic heterocycles. The van der Waals surface area contributed by atoms with Gasteiger partial charge < -0.3 is 10.1 Å². The van der Waals surface area contributed by atoms with Gasteiger partial charge in [0.05, 0.1) is 19.1 Å². The predicted octanol–water partition coefficient (Wildman–Crippen LogP) is 3.11. The first-order valence-corrected chi connectivity index (χ1v) is 10.00. The molecular weight excluding hydrogens is 352 g/mol. The van der Waals surface area contributed by atoms with Crippen LogP contribution in [0.2, 0.25) is 0 Å². The molecule has 26 heavy (non-hydrogen) atoms. The molecule has 0 aromatic heterocycles. The van der Waals surface area contributed by atoms with E-state index in [1.807, 2.05) is 26.0 Å². The first-order chi connectivity index (χ1) is 12.1. The van der Waals surface area contributed by atoms with E-state index in [4.69, 9.17) is 4.74 Å². The fourth-order valence-electron chi connectivity index (χ4n) is 2.60. The Hall–Kier alpha value is -2.54. The highest BCUT2D eigenvalue weighted by atomic mass is 32.2. The van der Waals surface area contributed by atoms with Crippen LogP contribution in [0.4, 0.5) is 11.4 Å². The van der Waals surface area contributed by atoms with Crippen LogP contribution >= 0.6 is 0 Å². The van der Waals surface area contributed by atoms with E-state index in [9.17, 15) is 13.2 Å². The number of benzene rings is 2. The van der Waals surface area contributed by atoms with E-state index >= 15 is 0 Å². The van der Waals surface area contributed by atoms with Crippen LogP contribution in [0.15, 0.2) is 42.5 Å². The number of carbonyl (C=O) groups excluding carboxylic acids is 1. The summed E-state index contributed by atoms with van der Waals surface area (Å²) in [4.78, 5) is 12.7. The van der Waals surface area contributed by atoms with E-state index in [1.165, 1.54) is 7.11 Å². The van der Waals surface area contributed by atoms with Gasteiger partial charge in [0.2, 0.25) is 15.9 Å². The van der Waals surface area contributed by atoms with Gasteiger partial charge in [-0.2, -0.15) is 0 Å². The second-order valence-electron chi connectivity index (χ2n) is 6.22. The predicted molar refractivity (Wildman–Crippen MR) is 104 cm³/mol. The molecule has 0 heterocycles. The van der Waals surface area contributed by atoms with Gasteiger partial charge in [0.15, 0.2) is 0 Å². The maximum atomic E-state index is 12.7. The number of sulfonamides is 1. The fourth-order valence-corrected chi connectivity index (χ4v) is 3.78. The molecule has 2 aromatic rings. The van der Waals surface area contributed by atoms with E-state index in [1.54, 1.807) is 37.3 Å². The number of rotatable bonds is 6. The Kier molecular flexibility index (Phi) is 5.92. The Labute approximate surface area is 154 Å². The van der Waals surface area contributed by atoms with Gasteiger partial charge in [0.25, 0.3) is 0 Å². The van der Waals surface area contributed by atoms with Gasteiger partial charge in [-0.1, -0.05) is 6.07 Å². The van der Waals surface area contributed by atoms with E-state index in [-0.39, 0.29) is 0 Å². The van der Waals surface area contributed by atoms with Crippen LogP contribution in [-0.4, -0.2) is 33.7 Å². The molecular formula is C19H24N2O4S. The molecule has 0 unspecified atom stereocenters. The van der Waals surface area contributed by atoms with Crippen LogP contribution in [0.25, 0.3) is 0 Å². The number of anilines is 2. The number of aryl methyl sites for hydroxylation is 2. The first-order valence-electron chi connectivity index (χ1n) is 8.15. The second kappa shape index (κ2) is 7.78. The standard InChI is InChI=1S/C19H24N2O4S/c1-13-6-7-16(12-14(13)2)20-19(22)15(3)21(26(5,23)24)17-8-10-18(25-4)11-9-17/h6-12,15H,1-5H3,(H,20,22)/t15-/m1/s1. The van der Waals surface area contributed by atoms with Crippen LogP contribution in [-0.2, 0) is 14.8 Å². The van der Waals surface area contributed by atoms with E-state index in [0.29, 0.717) is 17.1 Å². The van der Waals surface area contributed by atoms with Crippen LogP contribution in [0.5, 0.6) is 5.75 Å². The largest absolute Gasteiger partial charge is 0.497 e. The number of nitrogens with one attached hydrogen (secondary N) is 1. The lowest BCUT2D eigenvalue weighted by Crippen LogP contribution is -2.45. The number of carbonyl (C=O) groups is 1.